The van der Waals surface area contributed by atoms with Gasteiger partial charge in [0.2, 0.25) is 0 Å². The summed E-state index contributed by atoms with van der Waals surface area (Å²) >= 11 is 3.54. The van der Waals surface area contributed by atoms with Gasteiger partial charge < -0.3 is 24.4 Å². The van der Waals surface area contributed by atoms with E-state index in [-0.39, 0.29) is 24.0 Å². The summed E-state index contributed by atoms with van der Waals surface area (Å²) in [6.45, 7) is 3.80. The number of methoxy groups -OCH3 is 1. The molecule has 1 unspecified atom stereocenters. The van der Waals surface area contributed by atoms with E-state index in [9.17, 15) is 0 Å². The van der Waals surface area contributed by atoms with Crippen molar-refractivity contribution in [3.05, 3.63) is 46.7 Å². The summed E-state index contributed by atoms with van der Waals surface area (Å²) in [7, 11) is 7.72. The fourth-order valence-electron chi connectivity index (χ4n) is 3.77. The summed E-state index contributed by atoms with van der Waals surface area (Å²) in [6, 6.07) is 10.4. The number of anilines is 1. The molecule has 3 rings (SSSR count). The number of guanidine groups is 1. The van der Waals surface area contributed by atoms with Gasteiger partial charge in [0.05, 0.1) is 19.3 Å². The van der Waals surface area contributed by atoms with Gasteiger partial charge in [0.15, 0.2) is 5.96 Å². The summed E-state index contributed by atoms with van der Waals surface area (Å²) in [5, 5.41) is 3.56. The van der Waals surface area contributed by atoms with Gasteiger partial charge in [-0.3, -0.25) is 4.99 Å². The number of nitrogens with zero attached hydrogens (tertiary/aromatic N) is 4. The van der Waals surface area contributed by atoms with Crippen LogP contribution in [0, 0.1) is 5.92 Å². The van der Waals surface area contributed by atoms with Crippen LogP contribution in [0.1, 0.15) is 12.1 Å². The summed E-state index contributed by atoms with van der Waals surface area (Å²) in [5.74, 6) is 2.45. The molecular weight excluding hydrogens is 545 g/mol. The summed E-state index contributed by atoms with van der Waals surface area (Å²) in [6.07, 6.45) is 3.24. The first-order valence-electron chi connectivity index (χ1n) is 9.62. The van der Waals surface area contributed by atoms with Crippen LogP contribution in [-0.2, 0) is 13.6 Å². The molecule has 6 nitrogen and oxygen atoms in total. The molecule has 0 amide bonds. The highest BCUT2D eigenvalue weighted by molar-refractivity contribution is 14.0. The van der Waals surface area contributed by atoms with Crippen molar-refractivity contribution in [3.8, 4) is 5.75 Å². The van der Waals surface area contributed by atoms with Crippen LogP contribution < -0.4 is 15.0 Å². The molecule has 1 atom stereocenters. The van der Waals surface area contributed by atoms with E-state index in [1.54, 1.807) is 7.11 Å². The van der Waals surface area contributed by atoms with E-state index < -0.39 is 0 Å². The number of hydrogen-bond donors (Lipinski definition) is 1. The second-order valence-electron chi connectivity index (χ2n) is 7.32. The molecule has 1 aromatic heterocycles. The molecule has 1 aliphatic rings. The second-order valence-corrected chi connectivity index (χ2v) is 8.23. The lowest BCUT2D eigenvalue weighted by Crippen LogP contribution is -2.41. The van der Waals surface area contributed by atoms with Crippen LogP contribution >= 0.6 is 39.9 Å². The van der Waals surface area contributed by atoms with Gasteiger partial charge in [-0.2, -0.15) is 0 Å². The van der Waals surface area contributed by atoms with E-state index in [1.165, 1.54) is 11.4 Å². The zero-order chi connectivity index (χ0) is 20.1. The zero-order valence-electron chi connectivity index (χ0n) is 17.6. The van der Waals surface area contributed by atoms with Crippen LogP contribution in [0.3, 0.4) is 0 Å². The molecule has 160 valence electrons. The third-order valence-electron chi connectivity index (χ3n) is 5.31. The standard InChI is InChI=1S/C21H30BrN5O.HI/c1-23-21(26(3)15-18-11-17(22)14-25(18)2)24-12-16-9-10-27(13-16)19-7-5-6-8-20(19)28-4;/h5-8,11,14,16H,9-10,12-13,15H2,1-4H3,(H,23,24);1H. The molecule has 1 N–H and O–H groups in total. The highest BCUT2D eigenvalue weighted by Crippen LogP contribution is 2.31. The number of aromatic nitrogens is 1. The van der Waals surface area contributed by atoms with Gasteiger partial charge >= 0.3 is 0 Å². The Kier molecular flexibility index (Phi) is 9.13. The number of para-hydroxylation sites is 2. The minimum absolute atomic E-state index is 0. The maximum absolute atomic E-state index is 5.52. The van der Waals surface area contributed by atoms with Crippen LogP contribution in [-0.4, -0.2) is 56.3 Å². The third-order valence-corrected chi connectivity index (χ3v) is 5.74. The Morgan fingerprint density at radius 3 is 2.79 bits per heavy atom. The molecule has 0 bridgehead atoms. The van der Waals surface area contributed by atoms with Crippen molar-refractivity contribution in [3.63, 3.8) is 0 Å². The van der Waals surface area contributed by atoms with Crippen LogP contribution in [0.2, 0.25) is 0 Å². The number of halogens is 2. The largest absolute Gasteiger partial charge is 0.495 e. The summed E-state index contributed by atoms with van der Waals surface area (Å²) < 4.78 is 8.76. The van der Waals surface area contributed by atoms with Gasteiger partial charge in [0.25, 0.3) is 0 Å². The Morgan fingerprint density at radius 1 is 1.38 bits per heavy atom. The zero-order valence-corrected chi connectivity index (χ0v) is 21.5. The minimum atomic E-state index is 0. The second kappa shape index (κ2) is 11.1. The smallest absolute Gasteiger partial charge is 0.193 e. The Hall–Kier alpha value is -1.42. The molecule has 1 fully saturated rings. The van der Waals surface area contributed by atoms with Crippen molar-refractivity contribution in [1.82, 2.24) is 14.8 Å². The molecule has 1 saturated heterocycles. The van der Waals surface area contributed by atoms with Crippen molar-refractivity contribution in [2.45, 2.75) is 13.0 Å². The lowest BCUT2D eigenvalue weighted by atomic mass is 10.1. The highest BCUT2D eigenvalue weighted by atomic mass is 127. The SMILES string of the molecule is CN=C(NCC1CCN(c2ccccc2OC)C1)N(C)Cc1cc(Br)cn1C.I. The Bertz CT molecular complexity index is 825. The van der Waals surface area contributed by atoms with Crippen LogP contribution in [0.25, 0.3) is 0 Å². The number of benzene rings is 1. The Labute approximate surface area is 199 Å². The first kappa shape index (κ1) is 23.9. The molecule has 0 aliphatic carbocycles. The van der Waals surface area contributed by atoms with E-state index in [0.29, 0.717) is 5.92 Å². The number of hydrogen-bond acceptors (Lipinski definition) is 3. The van der Waals surface area contributed by atoms with E-state index in [1.807, 2.05) is 19.2 Å². The predicted molar refractivity (Wildman–Crippen MR) is 135 cm³/mol. The van der Waals surface area contributed by atoms with E-state index in [4.69, 9.17) is 4.74 Å². The molecule has 0 radical (unpaired) electrons. The predicted octanol–water partition coefficient (Wildman–Crippen LogP) is 3.95. The van der Waals surface area contributed by atoms with Gasteiger partial charge in [0.1, 0.15) is 5.75 Å². The first-order valence-corrected chi connectivity index (χ1v) is 10.4. The molecule has 2 aromatic rings. The number of aryl methyl sites for hydroxylation is 1. The molecule has 2 heterocycles. The van der Waals surface area contributed by atoms with Gasteiger partial charge in [-0.25, -0.2) is 0 Å². The van der Waals surface area contributed by atoms with Crippen LogP contribution in [0.5, 0.6) is 5.75 Å². The lowest BCUT2D eigenvalue weighted by Gasteiger charge is -2.24. The number of nitrogens with one attached hydrogen (secondary N) is 1. The summed E-state index contributed by atoms with van der Waals surface area (Å²) in [4.78, 5) is 9.04. The highest BCUT2D eigenvalue weighted by Gasteiger charge is 2.25. The van der Waals surface area contributed by atoms with Gasteiger partial charge in [-0.05, 0) is 46.5 Å². The molecule has 0 saturated carbocycles. The molecule has 8 heteroatoms. The van der Waals surface area contributed by atoms with E-state index in [2.05, 4.69) is 79.1 Å². The number of ether oxygens (including phenoxy) is 1. The van der Waals surface area contributed by atoms with Crippen molar-refractivity contribution in [2.24, 2.45) is 18.0 Å². The average Bonchev–Trinajstić information content (AvgIpc) is 3.28. The molecular formula is C21H31BrIN5O. The van der Waals surface area contributed by atoms with Crippen molar-refractivity contribution < 1.29 is 4.74 Å². The van der Waals surface area contributed by atoms with Gasteiger partial charge in [-0.1, -0.05) is 12.1 Å². The fraction of sp³-hybridized carbons (Fsp3) is 0.476. The normalized spacial score (nSPS) is 16.5. The Balaban J connectivity index is 0.00000300. The van der Waals surface area contributed by atoms with Gasteiger partial charge in [0, 0.05) is 57.1 Å². The minimum Gasteiger partial charge on any atom is -0.495 e. The van der Waals surface area contributed by atoms with Crippen molar-refractivity contribution >= 4 is 51.6 Å². The molecule has 29 heavy (non-hydrogen) atoms. The summed E-state index contributed by atoms with van der Waals surface area (Å²) in [5.41, 5.74) is 2.42. The van der Waals surface area contributed by atoms with Crippen LogP contribution in [0.4, 0.5) is 5.69 Å². The molecule has 1 aliphatic heterocycles. The topological polar surface area (TPSA) is 45.0 Å². The van der Waals surface area contributed by atoms with E-state index in [0.717, 1.165) is 48.8 Å². The molecule has 0 spiro atoms. The van der Waals surface area contributed by atoms with Gasteiger partial charge in [-0.15, -0.1) is 24.0 Å². The fourth-order valence-corrected chi connectivity index (χ4v) is 4.34. The average molecular weight is 576 g/mol. The lowest BCUT2D eigenvalue weighted by molar-refractivity contribution is 0.414. The van der Waals surface area contributed by atoms with Crippen molar-refractivity contribution in [2.75, 3.05) is 45.7 Å². The maximum atomic E-state index is 5.52. The van der Waals surface area contributed by atoms with E-state index >= 15 is 0 Å². The third kappa shape index (κ3) is 6.04. The van der Waals surface area contributed by atoms with Crippen molar-refractivity contribution in [1.29, 1.82) is 0 Å². The Morgan fingerprint density at radius 2 is 2.14 bits per heavy atom. The number of rotatable bonds is 6. The monoisotopic (exact) mass is 575 g/mol. The molecule has 1 aromatic carbocycles. The quantitative estimate of drug-likeness (QED) is 0.322. The first-order chi connectivity index (χ1) is 13.5. The van der Waals surface area contributed by atoms with Crippen LogP contribution in [0.15, 0.2) is 46.0 Å². The number of aliphatic imine (C=N–C) groups is 1. The maximum Gasteiger partial charge on any atom is 0.193 e.